The Bertz CT molecular complexity index is 332. The average Bonchev–Trinajstić information content (AvgIpc) is 2.58. The fourth-order valence-corrected chi connectivity index (χ4v) is 2.36. The first-order valence-corrected chi connectivity index (χ1v) is 6.36. The molecule has 1 rings (SSSR count). The van der Waals surface area contributed by atoms with Crippen molar-refractivity contribution in [2.24, 2.45) is 11.8 Å². The highest BCUT2D eigenvalue weighted by molar-refractivity contribution is 5.81. The molecule has 5 heteroatoms. The summed E-state index contributed by atoms with van der Waals surface area (Å²) in [4.78, 5) is 24.7. The Morgan fingerprint density at radius 3 is 2.28 bits per heavy atom. The van der Waals surface area contributed by atoms with Gasteiger partial charge in [-0.15, -0.1) is 0 Å². The lowest BCUT2D eigenvalue weighted by Crippen LogP contribution is -2.46. The van der Waals surface area contributed by atoms with Gasteiger partial charge in [-0.1, -0.05) is 13.8 Å². The molecule has 1 aliphatic heterocycles. The topological polar surface area (TPSA) is 66.8 Å². The van der Waals surface area contributed by atoms with Crippen LogP contribution in [0.3, 0.4) is 0 Å². The van der Waals surface area contributed by atoms with E-state index in [1.165, 1.54) is 4.90 Å². The highest BCUT2D eigenvalue weighted by Crippen LogP contribution is 2.31. The van der Waals surface area contributed by atoms with Gasteiger partial charge in [-0.2, -0.15) is 0 Å². The van der Waals surface area contributed by atoms with E-state index in [1.54, 1.807) is 20.8 Å². The summed E-state index contributed by atoms with van der Waals surface area (Å²) in [6.45, 7) is 9.75. The number of amides is 1. The van der Waals surface area contributed by atoms with Gasteiger partial charge in [0.1, 0.15) is 11.6 Å². The lowest BCUT2D eigenvalue weighted by Gasteiger charge is -2.29. The van der Waals surface area contributed by atoms with E-state index < -0.39 is 23.7 Å². The van der Waals surface area contributed by atoms with Crippen LogP contribution in [0.4, 0.5) is 4.79 Å². The zero-order chi connectivity index (χ0) is 14.1. The van der Waals surface area contributed by atoms with Gasteiger partial charge in [0.25, 0.3) is 0 Å². The van der Waals surface area contributed by atoms with Crippen molar-refractivity contribution in [3.05, 3.63) is 0 Å². The molecule has 1 saturated heterocycles. The molecule has 1 aliphatic rings. The van der Waals surface area contributed by atoms with Crippen molar-refractivity contribution in [3.8, 4) is 0 Å². The number of carbonyl (C=O) groups is 2. The molecule has 0 aromatic heterocycles. The predicted octanol–water partition coefficient (Wildman–Crippen LogP) is 2.35. The standard InChI is InChI=1S/C13H23NO4/c1-8(2)9-6-7-14(10(9)11(15)16)12(17)18-13(3,4)5/h8-10H,6-7H2,1-5H3,(H,15,16)/t9-,10-/m0/s1. The van der Waals surface area contributed by atoms with Crippen molar-refractivity contribution in [2.75, 3.05) is 6.54 Å². The normalized spacial score (nSPS) is 24.4. The number of carboxylic acid groups (broad SMARTS) is 1. The second-order valence-corrected chi connectivity index (χ2v) is 6.15. The minimum atomic E-state index is -0.947. The third-order valence-electron chi connectivity index (χ3n) is 3.18. The Balaban J connectivity index is 2.83. The van der Waals surface area contributed by atoms with Crippen LogP contribution < -0.4 is 0 Å². The predicted molar refractivity (Wildman–Crippen MR) is 67.3 cm³/mol. The summed E-state index contributed by atoms with van der Waals surface area (Å²) in [6, 6.07) is -0.764. The Labute approximate surface area is 108 Å². The molecular weight excluding hydrogens is 234 g/mol. The number of likely N-dealkylation sites (tertiary alicyclic amines) is 1. The summed E-state index contributed by atoms with van der Waals surface area (Å²) >= 11 is 0. The molecule has 0 aromatic rings. The van der Waals surface area contributed by atoms with Gasteiger partial charge in [0, 0.05) is 6.54 Å². The molecule has 0 radical (unpaired) electrons. The fraction of sp³-hybridized carbons (Fsp3) is 0.846. The third kappa shape index (κ3) is 3.37. The molecule has 104 valence electrons. The van der Waals surface area contributed by atoms with Crippen LogP contribution in [-0.2, 0) is 9.53 Å². The van der Waals surface area contributed by atoms with Gasteiger partial charge >= 0.3 is 12.1 Å². The Hall–Kier alpha value is -1.26. The van der Waals surface area contributed by atoms with Crippen LogP contribution in [0.5, 0.6) is 0 Å². The summed E-state index contributed by atoms with van der Waals surface area (Å²) in [6.07, 6.45) is 0.187. The van der Waals surface area contributed by atoms with Crippen LogP contribution in [-0.4, -0.2) is 40.3 Å². The van der Waals surface area contributed by atoms with Gasteiger partial charge in [-0.05, 0) is 39.0 Å². The van der Waals surface area contributed by atoms with Gasteiger partial charge < -0.3 is 9.84 Å². The molecule has 0 unspecified atom stereocenters. The van der Waals surface area contributed by atoms with Crippen molar-refractivity contribution >= 4 is 12.1 Å². The summed E-state index contributed by atoms with van der Waals surface area (Å²) in [7, 11) is 0. The van der Waals surface area contributed by atoms with Crippen molar-refractivity contribution < 1.29 is 19.4 Å². The van der Waals surface area contributed by atoms with Crippen molar-refractivity contribution in [3.63, 3.8) is 0 Å². The van der Waals surface area contributed by atoms with E-state index in [-0.39, 0.29) is 11.8 Å². The molecule has 1 amide bonds. The number of aliphatic carboxylic acids is 1. The van der Waals surface area contributed by atoms with Crippen molar-refractivity contribution in [1.29, 1.82) is 0 Å². The molecular formula is C13H23NO4. The van der Waals surface area contributed by atoms with Crippen LogP contribution in [0, 0.1) is 11.8 Å². The van der Waals surface area contributed by atoms with E-state index >= 15 is 0 Å². The first-order chi connectivity index (χ1) is 8.13. The lowest BCUT2D eigenvalue weighted by atomic mass is 9.89. The van der Waals surface area contributed by atoms with Gasteiger partial charge in [-0.25, -0.2) is 9.59 Å². The van der Waals surface area contributed by atoms with Crippen molar-refractivity contribution in [2.45, 2.75) is 52.7 Å². The summed E-state index contributed by atoms with van der Waals surface area (Å²) < 4.78 is 5.25. The Morgan fingerprint density at radius 2 is 1.89 bits per heavy atom. The minimum Gasteiger partial charge on any atom is -0.480 e. The Kier molecular flexibility index (Phi) is 4.24. The molecule has 0 aromatic carbocycles. The maximum atomic E-state index is 12.0. The van der Waals surface area contributed by atoms with Crippen LogP contribution in [0.25, 0.3) is 0 Å². The van der Waals surface area contributed by atoms with Gasteiger partial charge in [0.2, 0.25) is 0 Å². The third-order valence-corrected chi connectivity index (χ3v) is 3.18. The van der Waals surface area contributed by atoms with Crippen molar-refractivity contribution in [1.82, 2.24) is 4.90 Å². The van der Waals surface area contributed by atoms with E-state index in [0.29, 0.717) is 13.0 Å². The zero-order valence-corrected chi connectivity index (χ0v) is 11.8. The quantitative estimate of drug-likeness (QED) is 0.824. The van der Waals surface area contributed by atoms with Gasteiger partial charge in [-0.3, -0.25) is 4.90 Å². The lowest BCUT2D eigenvalue weighted by molar-refractivity contribution is -0.143. The molecule has 1 heterocycles. The smallest absolute Gasteiger partial charge is 0.411 e. The number of carbonyl (C=O) groups excluding carboxylic acids is 1. The molecule has 5 nitrogen and oxygen atoms in total. The Morgan fingerprint density at radius 1 is 1.33 bits per heavy atom. The monoisotopic (exact) mass is 257 g/mol. The SMILES string of the molecule is CC(C)[C@@H]1CCN(C(=O)OC(C)(C)C)[C@@H]1C(=O)O. The summed E-state index contributed by atoms with van der Waals surface area (Å²) in [5.74, 6) is -0.717. The maximum Gasteiger partial charge on any atom is 0.411 e. The maximum absolute atomic E-state index is 12.0. The van der Waals surface area contributed by atoms with Crippen LogP contribution >= 0.6 is 0 Å². The highest BCUT2D eigenvalue weighted by atomic mass is 16.6. The molecule has 2 atom stereocenters. The summed E-state index contributed by atoms with van der Waals surface area (Å²) in [5, 5.41) is 9.30. The van der Waals surface area contributed by atoms with Crippen LogP contribution in [0.1, 0.15) is 41.0 Å². The minimum absolute atomic E-state index is 0.00461. The molecule has 0 bridgehead atoms. The van der Waals surface area contributed by atoms with E-state index in [4.69, 9.17) is 4.74 Å². The molecule has 0 saturated carbocycles. The number of rotatable bonds is 2. The first-order valence-electron chi connectivity index (χ1n) is 6.36. The first kappa shape index (κ1) is 14.8. The fourth-order valence-electron chi connectivity index (χ4n) is 2.36. The molecule has 18 heavy (non-hydrogen) atoms. The van der Waals surface area contributed by atoms with E-state index in [1.807, 2.05) is 13.8 Å². The van der Waals surface area contributed by atoms with E-state index in [9.17, 15) is 14.7 Å². The van der Waals surface area contributed by atoms with Crippen LogP contribution in [0.15, 0.2) is 0 Å². The molecule has 0 aliphatic carbocycles. The number of hydrogen-bond donors (Lipinski definition) is 1. The highest BCUT2D eigenvalue weighted by Gasteiger charge is 2.44. The molecule has 1 fully saturated rings. The largest absolute Gasteiger partial charge is 0.480 e. The zero-order valence-electron chi connectivity index (χ0n) is 11.8. The van der Waals surface area contributed by atoms with Gasteiger partial charge in [0.05, 0.1) is 0 Å². The second-order valence-electron chi connectivity index (χ2n) is 6.15. The van der Waals surface area contributed by atoms with Gasteiger partial charge in [0.15, 0.2) is 0 Å². The number of carboxylic acids is 1. The van der Waals surface area contributed by atoms with E-state index in [2.05, 4.69) is 0 Å². The van der Waals surface area contributed by atoms with E-state index in [0.717, 1.165) is 0 Å². The van der Waals surface area contributed by atoms with Crippen LogP contribution in [0.2, 0.25) is 0 Å². The average molecular weight is 257 g/mol. The number of nitrogens with zero attached hydrogens (tertiary/aromatic N) is 1. The molecule has 1 N–H and O–H groups in total. The summed E-state index contributed by atoms with van der Waals surface area (Å²) in [5.41, 5.74) is -0.601. The second kappa shape index (κ2) is 5.16. The number of ether oxygens (including phenoxy) is 1. The number of hydrogen-bond acceptors (Lipinski definition) is 3. The molecule has 0 spiro atoms.